The van der Waals surface area contributed by atoms with Crippen molar-refractivity contribution in [3.63, 3.8) is 0 Å². The molecule has 122 valence electrons. The Labute approximate surface area is 135 Å². The molecule has 0 fully saturated rings. The van der Waals surface area contributed by atoms with Crippen LogP contribution in [-0.2, 0) is 6.42 Å². The number of aromatic nitrogens is 4. The lowest BCUT2D eigenvalue weighted by atomic mass is 9.93. The molecular formula is C16H21N5O2. The smallest absolute Gasteiger partial charge is 0.272 e. The Bertz CT molecular complexity index is 693. The van der Waals surface area contributed by atoms with Crippen LogP contribution in [0.5, 0.6) is 5.88 Å². The summed E-state index contributed by atoms with van der Waals surface area (Å²) >= 11 is 0. The van der Waals surface area contributed by atoms with Crippen LogP contribution in [0.4, 0.5) is 0 Å². The minimum Gasteiger partial charge on any atom is -0.480 e. The van der Waals surface area contributed by atoms with E-state index in [0.29, 0.717) is 11.9 Å². The summed E-state index contributed by atoms with van der Waals surface area (Å²) in [5.41, 5.74) is 2.47. The van der Waals surface area contributed by atoms with Crippen molar-refractivity contribution < 1.29 is 9.53 Å². The van der Waals surface area contributed by atoms with Crippen LogP contribution in [0, 0.1) is 0 Å². The van der Waals surface area contributed by atoms with E-state index in [1.807, 2.05) is 4.68 Å². The molecule has 2 aromatic heterocycles. The maximum absolute atomic E-state index is 12.4. The Morgan fingerprint density at radius 3 is 2.87 bits per heavy atom. The summed E-state index contributed by atoms with van der Waals surface area (Å²) in [6.07, 6.45) is 5.02. The van der Waals surface area contributed by atoms with Crippen molar-refractivity contribution in [2.45, 2.75) is 45.2 Å². The first-order valence-electron chi connectivity index (χ1n) is 7.85. The molecule has 0 aromatic carbocycles. The molecule has 1 aliphatic rings. The van der Waals surface area contributed by atoms with E-state index in [9.17, 15) is 4.79 Å². The van der Waals surface area contributed by atoms with Crippen molar-refractivity contribution in [1.82, 2.24) is 25.3 Å². The minimum absolute atomic E-state index is 0.0739. The van der Waals surface area contributed by atoms with Gasteiger partial charge >= 0.3 is 0 Å². The topological polar surface area (TPSA) is 81.9 Å². The molecule has 7 nitrogen and oxygen atoms in total. The van der Waals surface area contributed by atoms with Crippen LogP contribution < -0.4 is 10.1 Å². The molecule has 0 saturated carbocycles. The van der Waals surface area contributed by atoms with Crippen LogP contribution in [0.3, 0.4) is 0 Å². The molecule has 3 rings (SSSR count). The van der Waals surface area contributed by atoms with Gasteiger partial charge in [0.05, 0.1) is 18.8 Å². The predicted octanol–water partition coefficient (Wildman–Crippen LogP) is 2.07. The summed E-state index contributed by atoms with van der Waals surface area (Å²) in [5.74, 6) is 0.147. The lowest BCUT2D eigenvalue weighted by molar-refractivity contribution is 0.0925. The molecule has 1 amide bonds. The van der Waals surface area contributed by atoms with Crippen molar-refractivity contribution in [3.05, 3.63) is 35.3 Å². The molecule has 2 aromatic rings. The standard InChI is InChI=1S/C16H21N5O2/c1-10(2)21-9-11-5-4-6-12(15(11)20-21)17-16(22)13-7-8-14(23-3)19-18-13/h7-10,12H,4-6H2,1-3H3,(H,17,22)/t12-/m1/s1. The van der Waals surface area contributed by atoms with Crippen molar-refractivity contribution in [3.8, 4) is 5.88 Å². The zero-order valence-electron chi connectivity index (χ0n) is 13.6. The molecule has 0 unspecified atom stereocenters. The van der Waals surface area contributed by atoms with Gasteiger partial charge in [-0.05, 0) is 44.7 Å². The minimum atomic E-state index is -0.239. The van der Waals surface area contributed by atoms with E-state index < -0.39 is 0 Å². The summed E-state index contributed by atoms with van der Waals surface area (Å²) in [5, 5.41) is 15.4. The maximum Gasteiger partial charge on any atom is 0.272 e. The molecule has 23 heavy (non-hydrogen) atoms. The van der Waals surface area contributed by atoms with Gasteiger partial charge in [0, 0.05) is 18.3 Å². The Morgan fingerprint density at radius 2 is 2.22 bits per heavy atom. The number of hydrogen-bond donors (Lipinski definition) is 1. The summed E-state index contributed by atoms with van der Waals surface area (Å²) < 4.78 is 6.91. The number of ether oxygens (including phenoxy) is 1. The quantitative estimate of drug-likeness (QED) is 0.934. The third kappa shape index (κ3) is 3.18. The number of methoxy groups -OCH3 is 1. The van der Waals surface area contributed by atoms with Crippen LogP contribution >= 0.6 is 0 Å². The summed E-state index contributed by atoms with van der Waals surface area (Å²) in [4.78, 5) is 12.4. The zero-order chi connectivity index (χ0) is 16.4. The number of aryl methyl sites for hydroxylation is 1. The molecule has 1 aliphatic carbocycles. The fourth-order valence-corrected chi connectivity index (χ4v) is 2.75. The maximum atomic E-state index is 12.4. The molecule has 0 aliphatic heterocycles. The van der Waals surface area contributed by atoms with Crippen LogP contribution in [-0.4, -0.2) is 33.0 Å². The number of fused-ring (bicyclic) bond motifs is 1. The molecule has 1 atom stereocenters. The number of nitrogens with one attached hydrogen (secondary N) is 1. The summed E-state index contributed by atoms with van der Waals surface area (Å²) in [6.45, 7) is 4.19. The highest BCUT2D eigenvalue weighted by Gasteiger charge is 2.26. The fourth-order valence-electron chi connectivity index (χ4n) is 2.75. The van der Waals surface area contributed by atoms with E-state index >= 15 is 0 Å². The van der Waals surface area contributed by atoms with Gasteiger partial charge in [-0.15, -0.1) is 10.2 Å². The highest BCUT2D eigenvalue weighted by molar-refractivity contribution is 5.92. The SMILES string of the molecule is COc1ccc(C(=O)N[C@@H]2CCCc3cn(C(C)C)nc32)nn1. The average Bonchev–Trinajstić information content (AvgIpc) is 3.00. The highest BCUT2D eigenvalue weighted by atomic mass is 16.5. The Morgan fingerprint density at radius 1 is 1.39 bits per heavy atom. The molecule has 0 bridgehead atoms. The van der Waals surface area contributed by atoms with E-state index in [4.69, 9.17) is 4.74 Å². The lowest BCUT2D eigenvalue weighted by Gasteiger charge is -2.22. The Kier molecular flexibility index (Phi) is 4.27. The summed E-state index contributed by atoms with van der Waals surface area (Å²) in [6, 6.07) is 3.47. The third-order valence-corrected chi connectivity index (χ3v) is 4.03. The Balaban J connectivity index is 1.77. The Hall–Kier alpha value is -2.44. The fraction of sp³-hybridized carbons (Fsp3) is 0.500. The lowest BCUT2D eigenvalue weighted by Crippen LogP contribution is -2.31. The van der Waals surface area contributed by atoms with E-state index in [1.165, 1.54) is 12.7 Å². The van der Waals surface area contributed by atoms with Gasteiger partial charge in [0.15, 0.2) is 5.69 Å². The van der Waals surface area contributed by atoms with Gasteiger partial charge in [0.2, 0.25) is 5.88 Å². The van der Waals surface area contributed by atoms with Crippen molar-refractivity contribution in [2.75, 3.05) is 7.11 Å². The van der Waals surface area contributed by atoms with E-state index in [1.54, 1.807) is 12.1 Å². The molecule has 1 N–H and O–H groups in total. The molecule has 2 heterocycles. The second-order valence-electron chi connectivity index (χ2n) is 5.99. The van der Waals surface area contributed by atoms with Crippen LogP contribution in [0.25, 0.3) is 0 Å². The predicted molar refractivity (Wildman–Crippen MR) is 84.3 cm³/mol. The second kappa shape index (κ2) is 6.36. The third-order valence-electron chi connectivity index (χ3n) is 4.03. The number of amides is 1. The van der Waals surface area contributed by atoms with E-state index in [0.717, 1.165) is 25.0 Å². The zero-order valence-corrected chi connectivity index (χ0v) is 13.6. The molecule has 7 heteroatoms. The van der Waals surface area contributed by atoms with Crippen LogP contribution in [0.2, 0.25) is 0 Å². The van der Waals surface area contributed by atoms with Gasteiger partial charge in [-0.2, -0.15) is 5.10 Å². The number of hydrogen-bond acceptors (Lipinski definition) is 5. The average molecular weight is 315 g/mol. The summed E-state index contributed by atoms with van der Waals surface area (Å²) in [7, 11) is 1.51. The van der Waals surface area contributed by atoms with Gasteiger partial charge in [0.1, 0.15) is 0 Å². The van der Waals surface area contributed by atoms with E-state index in [2.05, 4.69) is 40.7 Å². The van der Waals surface area contributed by atoms with Gasteiger partial charge in [-0.3, -0.25) is 9.48 Å². The van der Waals surface area contributed by atoms with Crippen molar-refractivity contribution in [1.29, 1.82) is 0 Å². The monoisotopic (exact) mass is 315 g/mol. The van der Waals surface area contributed by atoms with Crippen molar-refractivity contribution >= 4 is 5.91 Å². The first kappa shape index (κ1) is 15.5. The highest BCUT2D eigenvalue weighted by Crippen LogP contribution is 2.29. The molecule has 0 radical (unpaired) electrons. The van der Waals surface area contributed by atoms with Crippen LogP contribution in [0.15, 0.2) is 18.3 Å². The normalized spacial score (nSPS) is 17.0. The van der Waals surface area contributed by atoms with Crippen molar-refractivity contribution in [2.24, 2.45) is 0 Å². The molecule has 0 saturated heterocycles. The van der Waals surface area contributed by atoms with Gasteiger partial charge in [-0.25, -0.2) is 0 Å². The van der Waals surface area contributed by atoms with Crippen LogP contribution in [0.1, 0.15) is 60.5 Å². The largest absolute Gasteiger partial charge is 0.480 e. The molecule has 0 spiro atoms. The van der Waals surface area contributed by atoms with Gasteiger partial charge in [-0.1, -0.05) is 0 Å². The number of rotatable bonds is 4. The second-order valence-corrected chi connectivity index (χ2v) is 5.99. The van der Waals surface area contributed by atoms with E-state index in [-0.39, 0.29) is 17.6 Å². The number of nitrogens with zero attached hydrogens (tertiary/aromatic N) is 4. The van der Waals surface area contributed by atoms with Gasteiger partial charge in [0.25, 0.3) is 5.91 Å². The first-order valence-corrected chi connectivity index (χ1v) is 7.85. The molecular weight excluding hydrogens is 294 g/mol. The first-order chi connectivity index (χ1) is 11.1. The van der Waals surface area contributed by atoms with Gasteiger partial charge < -0.3 is 10.1 Å². The number of carbonyl (C=O) groups excluding carboxylic acids is 1. The number of carbonyl (C=O) groups is 1.